The number of hydrogen-bond acceptors (Lipinski definition) is 3. The second-order valence-corrected chi connectivity index (χ2v) is 5.83. The maximum atomic E-state index is 12.3. The number of rotatable bonds is 4. The van der Waals surface area contributed by atoms with Crippen molar-refractivity contribution in [1.82, 2.24) is 9.78 Å². The highest BCUT2D eigenvalue weighted by Gasteiger charge is 2.12. The molecule has 5 heteroatoms. The number of carbonyl (C=O) groups excluding carboxylic acids is 1. The third-order valence-electron chi connectivity index (χ3n) is 3.49. The first-order valence-electron chi connectivity index (χ1n) is 7.34. The van der Waals surface area contributed by atoms with Gasteiger partial charge in [-0.25, -0.2) is 4.68 Å². The molecule has 1 amide bonds. The lowest BCUT2D eigenvalue weighted by atomic mass is 10.1. The van der Waals surface area contributed by atoms with E-state index in [0.717, 1.165) is 16.8 Å². The lowest BCUT2D eigenvalue weighted by Gasteiger charge is -2.11. The van der Waals surface area contributed by atoms with Crippen LogP contribution in [0.5, 0.6) is 0 Å². The van der Waals surface area contributed by atoms with E-state index in [1.807, 2.05) is 45.9 Å². The average molecular weight is 299 g/mol. The first-order chi connectivity index (χ1) is 10.4. The number of hydrogen-bond donors (Lipinski definition) is 1. The maximum Gasteiger partial charge on any atom is 0.276 e. The number of aryl methyl sites for hydroxylation is 1. The first-order valence-corrected chi connectivity index (χ1v) is 7.34. The Kier molecular flexibility index (Phi) is 4.75. The summed E-state index contributed by atoms with van der Waals surface area (Å²) in [5, 5.41) is 7.00. The summed E-state index contributed by atoms with van der Waals surface area (Å²) in [7, 11) is 0. The highest BCUT2D eigenvalue weighted by Crippen LogP contribution is 2.18. The van der Waals surface area contributed by atoms with Gasteiger partial charge in [-0.05, 0) is 43.0 Å². The van der Waals surface area contributed by atoms with Gasteiger partial charge in [0, 0.05) is 18.3 Å². The Labute approximate surface area is 130 Å². The molecule has 0 atom stereocenters. The van der Waals surface area contributed by atoms with Crippen LogP contribution in [-0.4, -0.2) is 15.7 Å². The van der Waals surface area contributed by atoms with E-state index in [1.165, 1.54) is 16.8 Å². The average Bonchev–Trinajstić information content (AvgIpc) is 2.45. The molecule has 0 spiro atoms. The van der Waals surface area contributed by atoms with Crippen molar-refractivity contribution in [2.75, 3.05) is 5.32 Å². The molecule has 1 aromatic heterocycles. The molecule has 0 radical (unpaired) electrons. The number of benzene rings is 1. The number of aromatic nitrogens is 2. The van der Waals surface area contributed by atoms with Gasteiger partial charge in [-0.1, -0.05) is 26.0 Å². The zero-order valence-electron chi connectivity index (χ0n) is 13.4. The van der Waals surface area contributed by atoms with Crippen LogP contribution in [0.4, 0.5) is 5.69 Å². The lowest BCUT2D eigenvalue weighted by Crippen LogP contribution is -2.27. The van der Waals surface area contributed by atoms with Gasteiger partial charge in [0.2, 0.25) is 0 Å². The van der Waals surface area contributed by atoms with E-state index in [-0.39, 0.29) is 23.1 Å². The normalized spacial score (nSPS) is 10.8. The van der Waals surface area contributed by atoms with Gasteiger partial charge in [0.15, 0.2) is 0 Å². The quantitative estimate of drug-likeness (QED) is 0.944. The molecule has 0 saturated heterocycles. The molecular weight excluding hydrogens is 278 g/mol. The van der Waals surface area contributed by atoms with Crippen LogP contribution in [0.2, 0.25) is 0 Å². The highest BCUT2D eigenvalue weighted by atomic mass is 16.2. The van der Waals surface area contributed by atoms with Crippen LogP contribution in [0.25, 0.3) is 0 Å². The molecule has 0 aliphatic rings. The van der Waals surface area contributed by atoms with Crippen molar-refractivity contribution in [3.63, 3.8) is 0 Å². The van der Waals surface area contributed by atoms with Crippen LogP contribution in [-0.2, 0) is 6.54 Å². The van der Waals surface area contributed by atoms with Crippen LogP contribution in [0.1, 0.15) is 35.5 Å². The van der Waals surface area contributed by atoms with Crippen LogP contribution < -0.4 is 10.9 Å². The van der Waals surface area contributed by atoms with E-state index in [0.29, 0.717) is 6.54 Å². The molecule has 5 nitrogen and oxygen atoms in total. The monoisotopic (exact) mass is 299 g/mol. The van der Waals surface area contributed by atoms with Crippen molar-refractivity contribution < 1.29 is 4.79 Å². The second kappa shape index (κ2) is 6.56. The van der Waals surface area contributed by atoms with Gasteiger partial charge in [0.05, 0.1) is 0 Å². The number of amides is 1. The summed E-state index contributed by atoms with van der Waals surface area (Å²) in [5.74, 6) is -0.0336. The predicted octanol–water partition coefficient (Wildman–Crippen LogP) is 2.77. The Morgan fingerprint density at radius 1 is 1.23 bits per heavy atom. The maximum absolute atomic E-state index is 12.3. The summed E-state index contributed by atoms with van der Waals surface area (Å²) >= 11 is 0. The summed E-state index contributed by atoms with van der Waals surface area (Å²) in [6.07, 6.45) is 0. The molecule has 0 aliphatic heterocycles. The van der Waals surface area contributed by atoms with Crippen LogP contribution >= 0.6 is 0 Å². The Hall–Kier alpha value is -2.43. The predicted molar refractivity (Wildman–Crippen MR) is 87.2 cm³/mol. The fourth-order valence-corrected chi connectivity index (χ4v) is 2.12. The van der Waals surface area contributed by atoms with Crippen LogP contribution in [0, 0.1) is 19.8 Å². The van der Waals surface area contributed by atoms with Gasteiger partial charge in [0.25, 0.3) is 11.5 Å². The molecular formula is C17H21N3O2. The number of nitrogens with zero attached hydrogens (tertiary/aromatic N) is 2. The summed E-state index contributed by atoms with van der Waals surface area (Å²) in [6, 6.07) is 8.58. The minimum absolute atomic E-state index is 0.197. The first kappa shape index (κ1) is 15.9. The summed E-state index contributed by atoms with van der Waals surface area (Å²) in [6.45, 7) is 8.43. The Bertz CT molecular complexity index is 748. The van der Waals surface area contributed by atoms with Gasteiger partial charge < -0.3 is 5.32 Å². The van der Waals surface area contributed by atoms with E-state index >= 15 is 0 Å². The molecule has 2 rings (SSSR count). The van der Waals surface area contributed by atoms with Gasteiger partial charge in [-0.3, -0.25) is 9.59 Å². The standard InChI is InChI=1S/C17H21N3O2/c1-11(2)10-20-16(21)9-8-15(19-20)17(22)18-14-7-5-6-12(3)13(14)4/h5-9,11H,10H2,1-4H3,(H,18,22). The minimum atomic E-state index is -0.314. The van der Waals surface area contributed by atoms with Crippen molar-refractivity contribution in [1.29, 1.82) is 0 Å². The molecule has 0 saturated carbocycles. The number of anilines is 1. The van der Waals surface area contributed by atoms with Crippen molar-refractivity contribution in [3.8, 4) is 0 Å². The summed E-state index contributed by atoms with van der Waals surface area (Å²) in [5.41, 5.74) is 2.92. The molecule has 0 bridgehead atoms. The number of carbonyl (C=O) groups is 1. The van der Waals surface area contributed by atoms with Crippen molar-refractivity contribution in [2.45, 2.75) is 34.2 Å². The van der Waals surface area contributed by atoms with E-state index < -0.39 is 0 Å². The van der Waals surface area contributed by atoms with Crippen LogP contribution in [0.3, 0.4) is 0 Å². The minimum Gasteiger partial charge on any atom is -0.320 e. The Balaban J connectivity index is 2.26. The third-order valence-corrected chi connectivity index (χ3v) is 3.49. The topological polar surface area (TPSA) is 64.0 Å². The highest BCUT2D eigenvalue weighted by molar-refractivity contribution is 6.03. The zero-order valence-corrected chi connectivity index (χ0v) is 13.4. The largest absolute Gasteiger partial charge is 0.320 e. The molecule has 22 heavy (non-hydrogen) atoms. The molecule has 116 valence electrons. The van der Waals surface area contributed by atoms with Gasteiger partial charge in [-0.2, -0.15) is 5.10 Å². The molecule has 1 heterocycles. The van der Waals surface area contributed by atoms with Gasteiger partial charge >= 0.3 is 0 Å². The molecule has 0 aliphatic carbocycles. The summed E-state index contributed by atoms with van der Waals surface area (Å²) < 4.78 is 1.34. The fourth-order valence-electron chi connectivity index (χ4n) is 2.12. The van der Waals surface area contributed by atoms with E-state index in [4.69, 9.17) is 0 Å². The van der Waals surface area contributed by atoms with E-state index in [9.17, 15) is 9.59 Å². The number of nitrogens with one attached hydrogen (secondary N) is 1. The summed E-state index contributed by atoms with van der Waals surface area (Å²) in [4.78, 5) is 24.1. The Morgan fingerprint density at radius 2 is 1.95 bits per heavy atom. The van der Waals surface area contributed by atoms with E-state index in [2.05, 4.69) is 10.4 Å². The smallest absolute Gasteiger partial charge is 0.276 e. The Morgan fingerprint density at radius 3 is 2.64 bits per heavy atom. The van der Waals surface area contributed by atoms with Crippen molar-refractivity contribution in [3.05, 3.63) is 57.5 Å². The van der Waals surface area contributed by atoms with E-state index in [1.54, 1.807) is 0 Å². The molecule has 2 aromatic rings. The van der Waals surface area contributed by atoms with Crippen LogP contribution in [0.15, 0.2) is 35.1 Å². The molecule has 1 N–H and O–H groups in total. The fraction of sp³-hybridized carbons (Fsp3) is 0.353. The SMILES string of the molecule is Cc1cccc(NC(=O)c2ccc(=O)n(CC(C)C)n2)c1C. The van der Waals surface area contributed by atoms with Gasteiger partial charge in [-0.15, -0.1) is 0 Å². The second-order valence-electron chi connectivity index (χ2n) is 5.83. The third kappa shape index (κ3) is 3.61. The lowest BCUT2D eigenvalue weighted by molar-refractivity contribution is 0.101. The van der Waals surface area contributed by atoms with Crippen molar-refractivity contribution in [2.24, 2.45) is 5.92 Å². The zero-order chi connectivity index (χ0) is 16.3. The van der Waals surface area contributed by atoms with Crippen molar-refractivity contribution >= 4 is 11.6 Å². The molecule has 1 aromatic carbocycles. The molecule has 0 fully saturated rings. The van der Waals surface area contributed by atoms with Gasteiger partial charge in [0.1, 0.15) is 5.69 Å². The molecule has 0 unspecified atom stereocenters.